The number of hydrogen-bond acceptors (Lipinski definition) is 6. The number of benzene rings is 3. The summed E-state index contributed by atoms with van der Waals surface area (Å²) in [5, 5.41) is 21.7. The van der Waals surface area contributed by atoms with Gasteiger partial charge in [-0.15, -0.1) is 10.2 Å². The van der Waals surface area contributed by atoms with E-state index in [1.54, 1.807) is 28.8 Å². The molecular weight excluding hydrogens is 448 g/mol. The fourth-order valence-electron chi connectivity index (χ4n) is 3.86. The first-order valence-electron chi connectivity index (χ1n) is 11.0. The molecule has 176 valence electrons. The van der Waals surface area contributed by atoms with Crippen molar-refractivity contribution in [3.05, 3.63) is 84.4 Å². The summed E-state index contributed by atoms with van der Waals surface area (Å²) in [4.78, 5) is 24.7. The van der Waals surface area contributed by atoms with E-state index in [4.69, 9.17) is 9.47 Å². The molecule has 1 aliphatic heterocycles. The minimum atomic E-state index is -0.880. The molecule has 0 aliphatic carbocycles. The fraction of sp³-hybridized carbons (Fsp3) is 0.154. The molecule has 0 unspecified atom stereocenters. The first kappa shape index (κ1) is 22.1. The van der Waals surface area contributed by atoms with Gasteiger partial charge in [0.2, 0.25) is 12.0 Å². The number of nitrogens with zero attached hydrogens (tertiary/aromatic N) is 3. The van der Waals surface area contributed by atoms with Crippen LogP contribution in [0.2, 0.25) is 0 Å². The summed E-state index contributed by atoms with van der Waals surface area (Å²) in [5.41, 5.74) is 1.96. The third-order valence-corrected chi connectivity index (χ3v) is 5.58. The summed E-state index contributed by atoms with van der Waals surface area (Å²) in [6, 6.07) is 24.1. The van der Waals surface area contributed by atoms with Crippen LogP contribution < -0.4 is 14.8 Å². The quantitative estimate of drug-likeness (QED) is 0.414. The maximum Gasteiger partial charge on any atom is 0.283 e. The molecule has 3 aromatic carbocycles. The Morgan fingerprint density at radius 1 is 0.971 bits per heavy atom. The number of rotatable bonds is 6. The summed E-state index contributed by atoms with van der Waals surface area (Å²) in [5.74, 6) is -0.234. The molecule has 35 heavy (non-hydrogen) atoms. The third-order valence-electron chi connectivity index (χ3n) is 5.58. The number of aromatic nitrogens is 1. The van der Waals surface area contributed by atoms with Crippen LogP contribution in [0.25, 0.3) is 10.9 Å². The van der Waals surface area contributed by atoms with Crippen molar-refractivity contribution in [3.63, 3.8) is 0 Å². The van der Waals surface area contributed by atoms with Gasteiger partial charge in [0.25, 0.3) is 11.8 Å². The van der Waals surface area contributed by atoms with Crippen LogP contribution >= 0.6 is 0 Å². The minimum Gasteiger partial charge on any atom is -0.493 e. The van der Waals surface area contributed by atoms with Gasteiger partial charge in [-0.05, 0) is 23.8 Å². The molecule has 2 heterocycles. The molecule has 1 aliphatic rings. The Labute approximate surface area is 200 Å². The van der Waals surface area contributed by atoms with Crippen molar-refractivity contribution in [1.82, 2.24) is 9.88 Å². The maximum absolute atomic E-state index is 12.4. The molecule has 0 saturated heterocycles. The highest BCUT2D eigenvalue weighted by atomic mass is 16.6. The number of carbonyl (C=O) groups is 2. The summed E-state index contributed by atoms with van der Waals surface area (Å²) in [7, 11) is 0. The van der Waals surface area contributed by atoms with Gasteiger partial charge in [0.15, 0.2) is 17.2 Å². The van der Waals surface area contributed by atoms with E-state index in [1.165, 1.54) is 0 Å². The van der Waals surface area contributed by atoms with Gasteiger partial charge in [-0.25, -0.2) is 0 Å². The van der Waals surface area contributed by atoms with E-state index < -0.39 is 17.9 Å². The van der Waals surface area contributed by atoms with Crippen LogP contribution in [0.4, 0.5) is 5.69 Å². The van der Waals surface area contributed by atoms with Crippen molar-refractivity contribution < 1.29 is 24.2 Å². The van der Waals surface area contributed by atoms with Crippen LogP contribution in [0.3, 0.4) is 0 Å². The Morgan fingerprint density at radius 2 is 1.69 bits per heavy atom. The standard InChI is InChI=1S/C26H22N4O5/c31-23(14-27-25(32)22-16-34-20-12-6-7-13-21(20)35-22)28-29-24-18-10-4-5-11-19(18)30(26(24)33)15-17-8-2-1-3-9-17/h1-13,22,33H,14-16H2,(H,27,32)/t22-/m0/s1. The normalized spacial score (nSPS) is 14.8. The van der Waals surface area contributed by atoms with E-state index in [1.807, 2.05) is 54.6 Å². The molecule has 1 aromatic heterocycles. The molecule has 1 atom stereocenters. The molecule has 5 rings (SSSR count). The SMILES string of the molecule is O=C(CNC(=O)[C@@H]1COc2ccccc2O1)N=Nc1c(O)n(Cc2ccccc2)c2ccccc12. The summed E-state index contributed by atoms with van der Waals surface area (Å²) in [6.07, 6.45) is -0.880. The van der Waals surface area contributed by atoms with E-state index in [0.717, 1.165) is 11.1 Å². The van der Waals surface area contributed by atoms with Crippen LogP contribution in [0.5, 0.6) is 17.4 Å². The van der Waals surface area contributed by atoms with E-state index in [-0.39, 0.29) is 24.7 Å². The zero-order chi connectivity index (χ0) is 24.2. The molecule has 2 amide bonds. The average Bonchev–Trinajstić information content (AvgIpc) is 3.16. The molecule has 9 heteroatoms. The van der Waals surface area contributed by atoms with Gasteiger partial charge in [0.05, 0.1) is 12.1 Å². The largest absolute Gasteiger partial charge is 0.493 e. The Balaban J connectivity index is 1.26. The lowest BCUT2D eigenvalue weighted by Gasteiger charge is -2.25. The molecule has 0 radical (unpaired) electrons. The van der Waals surface area contributed by atoms with E-state index in [0.29, 0.717) is 23.4 Å². The van der Waals surface area contributed by atoms with Crippen LogP contribution in [0.1, 0.15) is 5.56 Å². The van der Waals surface area contributed by atoms with E-state index in [9.17, 15) is 14.7 Å². The lowest BCUT2D eigenvalue weighted by atomic mass is 10.2. The average molecular weight is 470 g/mol. The van der Waals surface area contributed by atoms with Crippen molar-refractivity contribution in [2.24, 2.45) is 10.2 Å². The number of hydrogen-bond donors (Lipinski definition) is 2. The van der Waals surface area contributed by atoms with E-state index >= 15 is 0 Å². The first-order valence-corrected chi connectivity index (χ1v) is 11.0. The van der Waals surface area contributed by atoms with Gasteiger partial charge >= 0.3 is 0 Å². The number of azo groups is 1. The number of aromatic hydroxyl groups is 1. The monoisotopic (exact) mass is 470 g/mol. The molecule has 4 aromatic rings. The smallest absolute Gasteiger partial charge is 0.283 e. The topological polar surface area (TPSA) is 115 Å². The van der Waals surface area contributed by atoms with Gasteiger partial charge in [-0.1, -0.05) is 60.7 Å². The zero-order valence-corrected chi connectivity index (χ0v) is 18.6. The Kier molecular flexibility index (Phi) is 6.13. The lowest BCUT2D eigenvalue weighted by Crippen LogP contribution is -2.45. The van der Waals surface area contributed by atoms with Crippen LogP contribution in [0, 0.1) is 0 Å². The summed E-state index contributed by atoms with van der Waals surface area (Å²) >= 11 is 0. The van der Waals surface area contributed by atoms with Crippen LogP contribution in [-0.2, 0) is 16.1 Å². The van der Waals surface area contributed by atoms with Gasteiger partial charge in [-0.2, -0.15) is 0 Å². The molecule has 0 saturated carbocycles. The number of ether oxygens (including phenoxy) is 2. The van der Waals surface area contributed by atoms with Gasteiger partial charge in [0.1, 0.15) is 13.2 Å². The maximum atomic E-state index is 12.4. The van der Waals surface area contributed by atoms with Crippen LogP contribution in [-0.4, -0.2) is 40.7 Å². The number of fused-ring (bicyclic) bond motifs is 2. The minimum absolute atomic E-state index is 0.0351. The summed E-state index contributed by atoms with van der Waals surface area (Å²) < 4.78 is 12.9. The van der Waals surface area contributed by atoms with Crippen molar-refractivity contribution >= 4 is 28.4 Å². The second-order valence-corrected chi connectivity index (χ2v) is 7.94. The lowest BCUT2D eigenvalue weighted by molar-refractivity contribution is -0.132. The van der Waals surface area contributed by atoms with Crippen molar-refractivity contribution in [2.75, 3.05) is 13.2 Å². The van der Waals surface area contributed by atoms with Crippen LogP contribution in [0.15, 0.2) is 89.1 Å². The van der Waals surface area contributed by atoms with Gasteiger partial charge in [0, 0.05) is 5.39 Å². The Morgan fingerprint density at radius 3 is 2.51 bits per heavy atom. The van der Waals surface area contributed by atoms with Gasteiger partial charge < -0.3 is 24.5 Å². The van der Waals surface area contributed by atoms with Crippen molar-refractivity contribution in [3.8, 4) is 17.4 Å². The molecule has 0 spiro atoms. The number of carbonyl (C=O) groups excluding carboxylic acids is 2. The number of para-hydroxylation sites is 3. The Hall–Kier alpha value is -4.66. The highest BCUT2D eigenvalue weighted by molar-refractivity contribution is 5.95. The predicted octanol–water partition coefficient (Wildman–Crippen LogP) is 3.96. The second kappa shape index (κ2) is 9.68. The van der Waals surface area contributed by atoms with Crippen molar-refractivity contribution in [1.29, 1.82) is 0 Å². The molecule has 2 N–H and O–H groups in total. The molecular formula is C26H22N4O5. The van der Waals surface area contributed by atoms with Gasteiger partial charge in [-0.3, -0.25) is 9.59 Å². The molecule has 0 bridgehead atoms. The highest BCUT2D eigenvalue weighted by Crippen LogP contribution is 2.39. The first-order chi connectivity index (χ1) is 17.1. The summed E-state index contributed by atoms with van der Waals surface area (Å²) in [6.45, 7) is 0.0971. The molecule has 9 nitrogen and oxygen atoms in total. The van der Waals surface area contributed by atoms with E-state index in [2.05, 4.69) is 15.5 Å². The Bertz CT molecular complexity index is 1410. The third kappa shape index (κ3) is 4.70. The zero-order valence-electron chi connectivity index (χ0n) is 18.6. The highest BCUT2D eigenvalue weighted by Gasteiger charge is 2.27. The molecule has 0 fully saturated rings. The van der Waals surface area contributed by atoms with Crippen molar-refractivity contribution in [2.45, 2.75) is 12.6 Å². The second-order valence-electron chi connectivity index (χ2n) is 7.94. The number of nitrogens with one attached hydrogen (secondary N) is 1. The number of amides is 2. The predicted molar refractivity (Wildman–Crippen MR) is 128 cm³/mol. The fourth-order valence-corrected chi connectivity index (χ4v) is 3.86.